The van der Waals surface area contributed by atoms with E-state index >= 15 is 0 Å². The van der Waals surface area contributed by atoms with E-state index in [1.54, 1.807) is 4.90 Å². The van der Waals surface area contributed by atoms with Crippen LogP contribution in [0.15, 0.2) is 0 Å². The third-order valence-corrected chi connectivity index (χ3v) is 3.61. The Hall–Kier alpha value is -1.06. The maximum Gasteiger partial charge on any atom is 0.324 e. The van der Waals surface area contributed by atoms with Gasteiger partial charge in [-0.25, -0.2) is 4.79 Å². The number of rotatable bonds is 2. The van der Waals surface area contributed by atoms with Gasteiger partial charge >= 0.3 is 6.03 Å². The normalized spacial score (nSPS) is 31.9. The van der Waals surface area contributed by atoms with Crippen LogP contribution in [-0.2, 0) is 4.79 Å². The molecule has 3 amide bonds. The minimum atomic E-state index is -0.210. The van der Waals surface area contributed by atoms with Gasteiger partial charge in [0, 0.05) is 6.54 Å². The molecular weight excluding hydrogens is 192 g/mol. The maximum atomic E-state index is 11.4. The number of nitrogens with zero attached hydrogens (tertiary/aromatic N) is 1. The fraction of sp³-hybridized carbons (Fsp3) is 0.818. The lowest BCUT2D eigenvalue weighted by atomic mass is 9.80. The number of urea groups is 1. The number of carbonyl (C=O) groups excluding carboxylic acids is 2. The van der Waals surface area contributed by atoms with Gasteiger partial charge in [0.1, 0.15) is 6.54 Å². The molecular formula is C11H18N2O2. The van der Waals surface area contributed by atoms with Gasteiger partial charge in [-0.05, 0) is 18.3 Å². The molecule has 0 radical (unpaired) electrons. The molecule has 15 heavy (non-hydrogen) atoms. The number of carbonyl (C=O) groups is 2. The average Bonchev–Trinajstić information content (AvgIpc) is 2.49. The summed E-state index contributed by atoms with van der Waals surface area (Å²) in [7, 11) is 0. The molecule has 0 aromatic heterocycles. The molecule has 84 valence electrons. The van der Waals surface area contributed by atoms with E-state index in [1.807, 2.05) is 0 Å². The largest absolute Gasteiger partial charge is 0.324 e. The van der Waals surface area contributed by atoms with Gasteiger partial charge in [0.05, 0.1) is 0 Å². The molecule has 0 aromatic rings. The van der Waals surface area contributed by atoms with Crippen molar-refractivity contribution < 1.29 is 9.59 Å². The van der Waals surface area contributed by atoms with E-state index in [-0.39, 0.29) is 18.5 Å². The molecule has 1 aliphatic carbocycles. The number of hydrogen-bond acceptors (Lipinski definition) is 2. The third kappa shape index (κ3) is 2.30. The molecule has 1 aliphatic heterocycles. The summed E-state index contributed by atoms with van der Waals surface area (Å²) in [4.78, 5) is 24.0. The molecule has 1 N–H and O–H groups in total. The van der Waals surface area contributed by atoms with Crippen LogP contribution in [0.4, 0.5) is 4.79 Å². The number of amides is 3. The molecule has 0 aromatic carbocycles. The molecule has 1 saturated heterocycles. The Balaban J connectivity index is 1.90. The summed E-state index contributed by atoms with van der Waals surface area (Å²) in [6.45, 7) is 3.25. The van der Waals surface area contributed by atoms with Gasteiger partial charge < -0.3 is 4.90 Å². The SMILES string of the molecule is CC1CCCCC1CN1CC(=O)NC1=O. The Labute approximate surface area is 90.0 Å². The van der Waals surface area contributed by atoms with Crippen molar-refractivity contribution in [1.82, 2.24) is 10.2 Å². The highest BCUT2D eigenvalue weighted by Gasteiger charge is 2.31. The third-order valence-electron chi connectivity index (χ3n) is 3.61. The van der Waals surface area contributed by atoms with Crippen molar-refractivity contribution in [2.75, 3.05) is 13.1 Å². The average molecular weight is 210 g/mol. The lowest BCUT2D eigenvalue weighted by Crippen LogP contribution is -2.36. The minimum absolute atomic E-state index is 0.163. The van der Waals surface area contributed by atoms with E-state index in [4.69, 9.17) is 0 Å². The smallest absolute Gasteiger partial charge is 0.315 e. The molecule has 4 nitrogen and oxygen atoms in total. The molecule has 2 atom stereocenters. The van der Waals surface area contributed by atoms with E-state index in [0.29, 0.717) is 11.8 Å². The fourth-order valence-electron chi connectivity index (χ4n) is 2.58. The van der Waals surface area contributed by atoms with Crippen molar-refractivity contribution in [2.24, 2.45) is 11.8 Å². The van der Waals surface area contributed by atoms with Gasteiger partial charge in [-0.2, -0.15) is 0 Å². The Morgan fingerprint density at radius 1 is 1.33 bits per heavy atom. The zero-order valence-electron chi connectivity index (χ0n) is 9.16. The van der Waals surface area contributed by atoms with Gasteiger partial charge in [-0.1, -0.05) is 26.2 Å². The minimum Gasteiger partial charge on any atom is -0.315 e. The molecule has 0 spiro atoms. The van der Waals surface area contributed by atoms with Crippen molar-refractivity contribution in [2.45, 2.75) is 32.6 Å². The zero-order chi connectivity index (χ0) is 10.8. The molecule has 2 unspecified atom stereocenters. The van der Waals surface area contributed by atoms with Crippen molar-refractivity contribution in [3.8, 4) is 0 Å². The summed E-state index contributed by atoms with van der Waals surface area (Å²) < 4.78 is 0. The predicted molar refractivity (Wildman–Crippen MR) is 56.2 cm³/mol. The Bertz CT molecular complexity index is 278. The van der Waals surface area contributed by atoms with Crippen LogP contribution in [-0.4, -0.2) is 29.9 Å². The monoisotopic (exact) mass is 210 g/mol. The molecule has 4 heteroatoms. The van der Waals surface area contributed by atoms with Crippen molar-refractivity contribution in [3.63, 3.8) is 0 Å². The summed E-state index contributed by atoms with van der Waals surface area (Å²) in [5, 5.41) is 2.32. The summed E-state index contributed by atoms with van der Waals surface area (Å²) in [6, 6.07) is -0.210. The first-order valence-electron chi connectivity index (χ1n) is 5.75. The number of nitrogens with one attached hydrogen (secondary N) is 1. The second-order valence-corrected chi connectivity index (χ2v) is 4.76. The first-order valence-corrected chi connectivity index (χ1v) is 5.75. The first-order chi connectivity index (χ1) is 7.16. The van der Waals surface area contributed by atoms with E-state index in [1.165, 1.54) is 25.7 Å². The highest BCUT2D eigenvalue weighted by molar-refractivity contribution is 6.01. The lowest BCUT2D eigenvalue weighted by molar-refractivity contribution is -0.118. The van der Waals surface area contributed by atoms with Crippen LogP contribution in [0.1, 0.15) is 32.6 Å². The summed E-state index contributed by atoms with van der Waals surface area (Å²) in [5.74, 6) is 1.10. The van der Waals surface area contributed by atoms with Crippen LogP contribution in [0.3, 0.4) is 0 Å². The predicted octanol–water partition coefficient (Wildman–Crippen LogP) is 1.36. The van der Waals surface area contributed by atoms with Gasteiger partial charge in [0.25, 0.3) is 0 Å². The first kappa shape index (κ1) is 10.5. The van der Waals surface area contributed by atoms with E-state index < -0.39 is 0 Å². The van der Waals surface area contributed by atoms with Gasteiger partial charge in [0.15, 0.2) is 0 Å². The van der Waals surface area contributed by atoms with Gasteiger partial charge in [-0.3, -0.25) is 10.1 Å². The molecule has 2 rings (SSSR count). The maximum absolute atomic E-state index is 11.4. The Morgan fingerprint density at radius 2 is 2.07 bits per heavy atom. The highest BCUT2D eigenvalue weighted by Crippen LogP contribution is 2.30. The van der Waals surface area contributed by atoms with Crippen LogP contribution in [0.25, 0.3) is 0 Å². The van der Waals surface area contributed by atoms with E-state index in [0.717, 1.165) is 6.54 Å². The second kappa shape index (κ2) is 4.21. The quantitative estimate of drug-likeness (QED) is 0.700. The number of hydrogen-bond donors (Lipinski definition) is 1. The zero-order valence-corrected chi connectivity index (χ0v) is 9.16. The van der Waals surface area contributed by atoms with Crippen LogP contribution in [0.2, 0.25) is 0 Å². The van der Waals surface area contributed by atoms with E-state index in [9.17, 15) is 9.59 Å². The Morgan fingerprint density at radius 3 is 2.67 bits per heavy atom. The van der Waals surface area contributed by atoms with Crippen molar-refractivity contribution in [3.05, 3.63) is 0 Å². The van der Waals surface area contributed by atoms with Crippen LogP contribution in [0, 0.1) is 11.8 Å². The standard InChI is InChI=1S/C11H18N2O2/c1-8-4-2-3-5-9(8)6-13-7-10(14)12-11(13)15/h8-9H,2-7H2,1H3,(H,12,14,15). The van der Waals surface area contributed by atoms with Crippen LogP contribution in [0.5, 0.6) is 0 Å². The lowest BCUT2D eigenvalue weighted by Gasteiger charge is -2.31. The molecule has 0 bridgehead atoms. The highest BCUT2D eigenvalue weighted by atomic mass is 16.2. The number of imide groups is 1. The van der Waals surface area contributed by atoms with Crippen molar-refractivity contribution in [1.29, 1.82) is 0 Å². The Kier molecular flexibility index (Phi) is 2.93. The second-order valence-electron chi connectivity index (χ2n) is 4.76. The van der Waals surface area contributed by atoms with E-state index in [2.05, 4.69) is 12.2 Å². The summed E-state index contributed by atoms with van der Waals surface area (Å²) in [6.07, 6.45) is 5.02. The molecule has 2 fully saturated rings. The fourth-order valence-corrected chi connectivity index (χ4v) is 2.58. The van der Waals surface area contributed by atoms with Gasteiger partial charge in [-0.15, -0.1) is 0 Å². The van der Waals surface area contributed by atoms with Crippen molar-refractivity contribution >= 4 is 11.9 Å². The summed E-state index contributed by atoms with van der Waals surface area (Å²) in [5.41, 5.74) is 0. The molecule has 1 saturated carbocycles. The topological polar surface area (TPSA) is 49.4 Å². The molecule has 2 aliphatic rings. The van der Waals surface area contributed by atoms with Crippen LogP contribution < -0.4 is 5.32 Å². The van der Waals surface area contributed by atoms with Crippen LogP contribution >= 0.6 is 0 Å². The summed E-state index contributed by atoms with van der Waals surface area (Å²) >= 11 is 0. The van der Waals surface area contributed by atoms with Gasteiger partial charge in [0.2, 0.25) is 5.91 Å². The molecule has 1 heterocycles.